The van der Waals surface area contributed by atoms with Crippen molar-refractivity contribution in [1.29, 1.82) is 0 Å². The number of hydrogen-bond acceptors (Lipinski definition) is 3. The summed E-state index contributed by atoms with van der Waals surface area (Å²) in [5, 5.41) is 3.28. The zero-order chi connectivity index (χ0) is 13.1. The Hall–Kier alpha value is -0.130. The van der Waals surface area contributed by atoms with Gasteiger partial charge in [-0.15, -0.1) is 0 Å². The molecule has 0 aliphatic heterocycles. The molecule has 1 N–H and O–H groups in total. The van der Waals surface area contributed by atoms with Crippen LogP contribution < -0.4 is 5.32 Å². The van der Waals surface area contributed by atoms with Crippen LogP contribution in [0.2, 0.25) is 0 Å². The van der Waals surface area contributed by atoms with E-state index in [1.807, 2.05) is 13.8 Å². The maximum absolute atomic E-state index is 11.9. The lowest BCUT2D eigenvalue weighted by molar-refractivity contribution is 0.425. The molecule has 0 bridgehead atoms. The summed E-state index contributed by atoms with van der Waals surface area (Å²) in [5.74, 6) is 0.286. The summed E-state index contributed by atoms with van der Waals surface area (Å²) in [6, 6.07) is 0. The average molecular weight is 264 g/mol. The van der Waals surface area contributed by atoms with E-state index in [1.165, 1.54) is 0 Å². The van der Waals surface area contributed by atoms with E-state index in [9.17, 15) is 8.42 Å². The molecule has 0 aromatic rings. The molecular formula is C12H28N2O2S. The Morgan fingerprint density at radius 3 is 2.24 bits per heavy atom. The fraction of sp³-hybridized carbons (Fsp3) is 1.00. The lowest BCUT2D eigenvalue weighted by atomic mass is 10.3. The Morgan fingerprint density at radius 1 is 1.00 bits per heavy atom. The lowest BCUT2D eigenvalue weighted by Crippen LogP contribution is -2.33. The number of nitrogens with one attached hydrogen (secondary N) is 1. The van der Waals surface area contributed by atoms with Gasteiger partial charge in [0.1, 0.15) is 0 Å². The summed E-state index contributed by atoms with van der Waals surface area (Å²) in [7, 11) is -3.02. The van der Waals surface area contributed by atoms with Gasteiger partial charge in [0.05, 0.1) is 5.75 Å². The molecule has 0 radical (unpaired) electrons. The first-order valence-corrected chi connectivity index (χ1v) is 8.37. The maximum Gasteiger partial charge on any atom is 0.214 e. The second kappa shape index (κ2) is 9.85. The van der Waals surface area contributed by atoms with Crippen molar-refractivity contribution in [2.75, 3.05) is 31.9 Å². The summed E-state index contributed by atoms with van der Waals surface area (Å²) in [5.41, 5.74) is 0. The highest BCUT2D eigenvalue weighted by Gasteiger charge is 2.18. The first kappa shape index (κ1) is 16.9. The molecule has 0 saturated heterocycles. The molecule has 0 spiro atoms. The van der Waals surface area contributed by atoms with Gasteiger partial charge >= 0.3 is 0 Å². The van der Waals surface area contributed by atoms with Crippen LogP contribution in [0.1, 0.15) is 46.5 Å². The largest absolute Gasteiger partial charge is 0.317 e. The zero-order valence-corrected chi connectivity index (χ0v) is 12.4. The molecule has 0 aromatic heterocycles. The fourth-order valence-electron chi connectivity index (χ4n) is 1.71. The molecule has 17 heavy (non-hydrogen) atoms. The van der Waals surface area contributed by atoms with Gasteiger partial charge in [-0.05, 0) is 38.8 Å². The van der Waals surface area contributed by atoms with E-state index in [0.717, 1.165) is 38.8 Å². The van der Waals surface area contributed by atoms with Crippen LogP contribution in [0.5, 0.6) is 0 Å². The normalized spacial score (nSPS) is 12.2. The second-order valence-electron chi connectivity index (χ2n) is 4.26. The van der Waals surface area contributed by atoms with E-state index < -0.39 is 10.0 Å². The highest BCUT2D eigenvalue weighted by Crippen LogP contribution is 2.05. The first-order chi connectivity index (χ1) is 8.08. The van der Waals surface area contributed by atoms with E-state index in [4.69, 9.17) is 0 Å². The summed E-state index contributed by atoms with van der Waals surface area (Å²) in [6.45, 7) is 9.20. The number of hydrogen-bond donors (Lipinski definition) is 1. The van der Waals surface area contributed by atoms with Crippen LogP contribution in [0, 0.1) is 0 Å². The molecule has 5 heteroatoms. The molecular weight excluding hydrogens is 236 g/mol. The number of unbranched alkanes of at least 4 members (excludes halogenated alkanes) is 1. The third kappa shape index (κ3) is 7.73. The molecule has 0 unspecified atom stereocenters. The molecule has 0 aliphatic rings. The highest BCUT2D eigenvalue weighted by molar-refractivity contribution is 7.89. The summed E-state index contributed by atoms with van der Waals surface area (Å²) < 4.78 is 25.5. The topological polar surface area (TPSA) is 49.4 Å². The SMILES string of the molecule is CCCNCCCCS(=O)(=O)N(CC)CCC. The van der Waals surface area contributed by atoms with Crippen molar-refractivity contribution in [2.45, 2.75) is 46.5 Å². The van der Waals surface area contributed by atoms with Crippen LogP contribution in [-0.2, 0) is 10.0 Å². The molecule has 0 heterocycles. The average Bonchev–Trinajstić information content (AvgIpc) is 2.30. The van der Waals surface area contributed by atoms with E-state index in [-0.39, 0.29) is 5.75 Å². The van der Waals surface area contributed by atoms with E-state index in [2.05, 4.69) is 12.2 Å². The molecule has 0 aliphatic carbocycles. The molecule has 0 fully saturated rings. The molecule has 0 saturated carbocycles. The minimum absolute atomic E-state index is 0.286. The Balaban J connectivity index is 3.84. The van der Waals surface area contributed by atoms with Crippen LogP contribution in [0.4, 0.5) is 0 Å². The third-order valence-electron chi connectivity index (χ3n) is 2.65. The quantitative estimate of drug-likeness (QED) is 0.579. The predicted molar refractivity (Wildman–Crippen MR) is 73.7 cm³/mol. The molecule has 0 atom stereocenters. The van der Waals surface area contributed by atoms with Gasteiger partial charge in [-0.2, -0.15) is 0 Å². The van der Waals surface area contributed by atoms with E-state index >= 15 is 0 Å². The summed E-state index contributed by atoms with van der Waals surface area (Å²) in [6.07, 6.45) is 3.69. The van der Waals surface area contributed by atoms with Gasteiger partial charge in [-0.25, -0.2) is 12.7 Å². The fourth-order valence-corrected chi connectivity index (χ4v) is 3.39. The highest BCUT2D eigenvalue weighted by atomic mass is 32.2. The smallest absolute Gasteiger partial charge is 0.214 e. The number of rotatable bonds is 11. The second-order valence-corrected chi connectivity index (χ2v) is 6.35. The monoisotopic (exact) mass is 264 g/mol. The van der Waals surface area contributed by atoms with E-state index in [1.54, 1.807) is 4.31 Å². The van der Waals surface area contributed by atoms with Crippen molar-refractivity contribution >= 4 is 10.0 Å². The van der Waals surface area contributed by atoms with Crippen LogP contribution >= 0.6 is 0 Å². The third-order valence-corrected chi connectivity index (χ3v) is 4.68. The summed E-state index contributed by atoms with van der Waals surface area (Å²) in [4.78, 5) is 0. The maximum atomic E-state index is 11.9. The Bertz CT molecular complexity index is 266. The first-order valence-electron chi connectivity index (χ1n) is 6.77. The van der Waals surface area contributed by atoms with Crippen molar-refractivity contribution < 1.29 is 8.42 Å². The van der Waals surface area contributed by atoms with Gasteiger partial charge in [0.15, 0.2) is 0 Å². The Morgan fingerprint density at radius 2 is 1.71 bits per heavy atom. The van der Waals surface area contributed by atoms with Crippen molar-refractivity contribution in [2.24, 2.45) is 0 Å². The molecule has 4 nitrogen and oxygen atoms in total. The van der Waals surface area contributed by atoms with Gasteiger partial charge in [-0.3, -0.25) is 0 Å². The van der Waals surface area contributed by atoms with Gasteiger partial charge in [0.25, 0.3) is 0 Å². The van der Waals surface area contributed by atoms with Gasteiger partial charge in [0.2, 0.25) is 10.0 Å². The van der Waals surface area contributed by atoms with E-state index in [0.29, 0.717) is 13.1 Å². The Labute approximate surface area is 107 Å². The molecule has 104 valence electrons. The lowest BCUT2D eigenvalue weighted by Gasteiger charge is -2.19. The number of sulfonamides is 1. The number of nitrogens with zero attached hydrogens (tertiary/aromatic N) is 1. The van der Waals surface area contributed by atoms with Crippen molar-refractivity contribution in [1.82, 2.24) is 9.62 Å². The van der Waals surface area contributed by atoms with Crippen LogP contribution in [0.3, 0.4) is 0 Å². The summed E-state index contributed by atoms with van der Waals surface area (Å²) >= 11 is 0. The van der Waals surface area contributed by atoms with Crippen molar-refractivity contribution in [3.8, 4) is 0 Å². The standard InChI is InChI=1S/C12H28N2O2S/c1-4-9-13-10-7-8-12-17(15,16)14(6-3)11-5-2/h13H,4-12H2,1-3H3. The van der Waals surface area contributed by atoms with Gasteiger partial charge < -0.3 is 5.32 Å². The zero-order valence-electron chi connectivity index (χ0n) is 11.5. The molecule has 0 amide bonds. The predicted octanol–water partition coefficient (Wildman–Crippen LogP) is 1.83. The van der Waals surface area contributed by atoms with Crippen LogP contribution in [-0.4, -0.2) is 44.7 Å². The van der Waals surface area contributed by atoms with Crippen molar-refractivity contribution in [3.05, 3.63) is 0 Å². The van der Waals surface area contributed by atoms with Crippen LogP contribution in [0.15, 0.2) is 0 Å². The van der Waals surface area contributed by atoms with Gasteiger partial charge in [0, 0.05) is 13.1 Å². The molecule has 0 rings (SSSR count). The van der Waals surface area contributed by atoms with Crippen LogP contribution in [0.25, 0.3) is 0 Å². The molecule has 0 aromatic carbocycles. The van der Waals surface area contributed by atoms with Gasteiger partial charge in [-0.1, -0.05) is 20.8 Å². The van der Waals surface area contributed by atoms with Crippen molar-refractivity contribution in [3.63, 3.8) is 0 Å². The minimum atomic E-state index is -3.02. The minimum Gasteiger partial charge on any atom is -0.317 e. The Kier molecular flexibility index (Phi) is 9.78.